The van der Waals surface area contributed by atoms with E-state index in [4.69, 9.17) is 5.26 Å². The summed E-state index contributed by atoms with van der Waals surface area (Å²) in [7, 11) is 1.75. The highest BCUT2D eigenvalue weighted by molar-refractivity contribution is 7.09. The van der Waals surface area contributed by atoms with Crippen molar-refractivity contribution in [3.05, 3.63) is 16.1 Å². The molecule has 84 valence electrons. The predicted octanol–water partition coefficient (Wildman–Crippen LogP) is 1.71. The van der Waals surface area contributed by atoms with E-state index in [1.165, 1.54) is 0 Å². The van der Waals surface area contributed by atoms with Crippen LogP contribution in [-0.2, 0) is 11.3 Å². The monoisotopic (exact) mass is 235 g/mol. The zero-order valence-electron chi connectivity index (χ0n) is 9.36. The molecular formula is C11H13N3OS. The molecule has 0 aliphatic heterocycles. The third-order valence-corrected chi connectivity index (χ3v) is 3.87. The van der Waals surface area contributed by atoms with Crippen LogP contribution in [0.4, 0.5) is 0 Å². The molecule has 4 nitrogen and oxygen atoms in total. The number of aryl methyl sites for hydroxylation is 1. The first-order valence-electron chi connectivity index (χ1n) is 5.15. The van der Waals surface area contributed by atoms with Gasteiger partial charge in [0.2, 0.25) is 5.91 Å². The summed E-state index contributed by atoms with van der Waals surface area (Å²) in [6.45, 7) is 2.49. The molecule has 0 saturated heterocycles. The van der Waals surface area contributed by atoms with Crippen LogP contribution in [0, 0.1) is 23.7 Å². The van der Waals surface area contributed by atoms with Crippen molar-refractivity contribution in [2.75, 3.05) is 7.05 Å². The van der Waals surface area contributed by atoms with Crippen molar-refractivity contribution in [3.8, 4) is 6.07 Å². The predicted molar refractivity (Wildman–Crippen MR) is 60.6 cm³/mol. The average Bonchev–Trinajstić information content (AvgIpc) is 2.99. The summed E-state index contributed by atoms with van der Waals surface area (Å²) in [5.74, 6) is -0.0530. The van der Waals surface area contributed by atoms with Crippen LogP contribution in [0.2, 0.25) is 0 Å². The molecule has 2 rings (SSSR count). The number of nitriles is 1. The molecular weight excluding hydrogens is 222 g/mol. The number of nitrogens with zero attached hydrogens (tertiary/aromatic N) is 3. The quantitative estimate of drug-likeness (QED) is 0.801. The first kappa shape index (κ1) is 11.1. The zero-order valence-corrected chi connectivity index (χ0v) is 10.2. The smallest absolute Gasteiger partial charge is 0.243 e. The van der Waals surface area contributed by atoms with E-state index in [0.717, 1.165) is 10.6 Å². The van der Waals surface area contributed by atoms with Crippen LogP contribution in [0.3, 0.4) is 0 Å². The minimum Gasteiger partial charge on any atom is -0.339 e. The van der Waals surface area contributed by atoms with E-state index in [0.29, 0.717) is 19.4 Å². The SMILES string of the molecule is Cc1ncsc1CN(C)C(=O)C1(C#N)CC1. The van der Waals surface area contributed by atoms with Crippen LogP contribution in [-0.4, -0.2) is 22.8 Å². The van der Waals surface area contributed by atoms with Gasteiger partial charge in [-0.3, -0.25) is 4.79 Å². The number of aromatic nitrogens is 1. The van der Waals surface area contributed by atoms with Gasteiger partial charge in [-0.05, 0) is 19.8 Å². The van der Waals surface area contributed by atoms with E-state index in [-0.39, 0.29) is 5.91 Å². The van der Waals surface area contributed by atoms with Crippen molar-refractivity contribution >= 4 is 17.2 Å². The second-order valence-corrected chi connectivity index (χ2v) is 5.16. The van der Waals surface area contributed by atoms with E-state index in [9.17, 15) is 4.79 Å². The van der Waals surface area contributed by atoms with Crippen LogP contribution in [0.1, 0.15) is 23.4 Å². The van der Waals surface area contributed by atoms with Crippen molar-refractivity contribution in [2.45, 2.75) is 26.3 Å². The summed E-state index contributed by atoms with van der Waals surface area (Å²) in [4.78, 5) is 18.8. The van der Waals surface area contributed by atoms with Crippen molar-refractivity contribution in [2.24, 2.45) is 5.41 Å². The van der Waals surface area contributed by atoms with Crippen molar-refractivity contribution in [1.29, 1.82) is 5.26 Å². The van der Waals surface area contributed by atoms with Crippen molar-refractivity contribution < 1.29 is 4.79 Å². The van der Waals surface area contributed by atoms with Gasteiger partial charge in [0.05, 0.1) is 23.8 Å². The van der Waals surface area contributed by atoms with Crippen LogP contribution in [0.15, 0.2) is 5.51 Å². The topological polar surface area (TPSA) is 57.0 Å². The molecule has 1 aliphatic carbocycles. The van der Waals surface area contributed by atoms with Gasteiger partial charge in [0.15, 0.2) is 0 Å². The molecule has 0 atom stereocenters. The van der Waals surface area contributed by atoms with E-state index in [1.807, 2.05) is 6.92 Å². The summed E-state index contributed by atoms with van der Waals surface area (Å²) < 4.78 is 0. The summed E-state index contributed by atoms with van der Waals surface area (Å²) in [6, 6.07) is 2.12. The average molecular weight is 235 g/mol. The lowest BCUT2D eigenvalue weighted by atomic mass is 10.1. The molecule has 16 heavy (non-hydrogen) atoms. The van der Waals surface area contributed by atoms with Gasteiger partial charge < -0.3 is 4.90 Å². The summed E-state index contributed by atoms with van der Waals surface area (Å²) in [5, 5.41) is 8.95. The molecule has 0 aromatic carbocycles. The third-order valence-electron chi connectivity index (χ3n) is 2.95. The van der Waals surface area contributed by atoms with Gasteiger partial charge in [-0.2, -0.15) is 5.26 Å². The minimum atomic E-state index is -0.715. The molecule has 0 spiro atoms. The number of hydrogen-bond acceptors (Lipinski definition) is 4. The second-order valence-electron chi connectivity index (χ2n) is 4.22. The number of carbonyl (C=O) groups excluding carboxylic acids is 1. The lowest BCUT2D eigenvalue weighted by Gasteiger charge is -2.18. The molecule has 1 aromatic rings. The molecule has 1 heterocycles. The highest BCUT2D eigenvalue weighted by Gasteiger charge is 2.51. The standard InChI is InChI=1S/C11H13N3OS/c1-8-9(16-7-13-8)5-14(2)10(15)11(6-12)3-4-11/h7H,3-5H2,1-2H3. The Hall–Kier alpha value is -1.41. The molecule has 1 aliphatic rings. The Morgan fingerprint density at radius 2 is 2.44 bits per heavy atom. The van der Waals surface area contributed by atoms with E-state index in [1.54, 1.807) is 28.8 Å². The Morgan fingerprint density at radius 3 is 2.88 bits per heavy atom. The molecule has 5 heteroatoms. The van der Waals surface area contributed by atoms with Crippen molar-refractivity contribution in [3.63, 3.8) is 0 Å². The molecule has 0 radical (unpaired) electrons. The van der Waals surface area contributed by atoms with Gasteiger partial charge in [0, 0.05) is 11.9 Å². The molecule has 0 unspecified atom stereocenters. The van der Waals surface area contributed by atoms with E-state index >= 15 is 0 Å². The largest absolute Gasteiger partial charge is 0.339 e. The highest BCUT2D eigenvalue weighted by Crippen LogP contribution is 2.46. The first-order chi connectivity index (χ1) is 7.59. The van der Waals surface area contributed by atoms with Crippen LogP contribution in [0.5, 0.6) is 0 Å². The molecule has 1 amide bonds. The van der Waals surface area contributed by atoms with Gasteiger partial charge in [0.25, 0.3) is 0 Å². The van der Waals surface area contributed by atoms with Gasteiger partial charge in [-0.15, -0.1) is 11.3 Å². The van der Waals surface area contributed by atoms with Gasteiger partial charge in [-0.25, -0.2) is 4.98 Å². The van der Waals surface area contributed by atoms with Gasteiger partial charge in [0.1, 0.15) is 5.41 Å². The van der Waals surface area contributed by atoms with Crippen LogP contribution >= 0.6 is 11.3 Å². The number of carbonyl (C=O) groups is 1. The number of hydrogen-bond donors (Lipinski definition) is 0. The summed E-state index contributed by atoms with van der Waals surface area (Å²) in [6.07, 6.45) is 1.41. The first-order valence-corrected chi connectivity index (χ1v) is 6.03. The Bertz CT molecular complexity index is 456. The van der Waals surface area contributed by atoms with Crippen LogP contribution < -0.4 is 0 Å². The van der Waals surface area contributed by atoms with Gasteiger partial charge >= 0.3 is 0 Å². The fourth-order valence-electron chi connectivity index (χ4n) is 1.63. The maximum absolute atomic E-state index is 12.0. The Kier molecular flexibility index (Phi) is 2.68. The van der Waals surface area contributed by atoms with Crippen LogP contribution in [0.25, 0.3) is 0 Å². The molecule has 0 N–H and O–H groups in total. The molecule has 0 bridgehead atoms. The Labute approximate surface area is 98.5 Å². The maximum Gasteiger partial charge on any atom is 0.243 e. The molecule has 1 fully saturated rings. The van der Waals surface area contributed by atoms with Gasteiger partial charge in [-0.1, -0.05) is 0 Å². The fraction of sp³-hybridized carbons (Fsp3) is 0.545. The number of thiazole rings is 1. The zero-order chi connectivity index (χ0) is 11.8. The summed E-state index contributed by atoms with van der Waals surface area (Å²) in [5.41, 5.74) is 2.03. The lowest BCUT2D eigenvalue weighted by Crippen LogP contribution is -2.32. The van der Waals surface area contributed by atoms with Crippen molar-refractivity contribution in [1.82, 2.24) is 9.88 Å². The lowest BCUT2D eigenvalue weighted by molar-refractivity contribution is -0.134. The second kappa shape index (κ2) is 3.87. The van der Waals surface area contributed by atoms with E-state index < -0.39 is 5.41 Å². The summed E-state index contributed by atoms with van der Waals surface area (Å²) >= 11 is 1.55. The normalized spacial score (nSPS) is 16.6. The Morgan fingerprint density at radius 1 is 1.75 bits per heavy atom. The fourth-order valence-corrected chi connectivity index (χ4v) is 2.46. The maximum atomic E-state index is 12.0. The third kappa shape index (κ3) is 1.81. The highest BCUT2D eigenvalue weighted by atomic mass is 32.1. The molecule has 1 aromatic heterocycles. The number of amides is 1. The minimum absolute atomic E-state index is 0.0530. The number of rotatable bonds is 3. The molecule has 1 saturated carbocycles. The Balaban J connectivity index is 2.05. The van der Waals surface area contributed by atoms with E-state index in [2.05, 4.69) is 11.1 Å².